The summed E-state index contributed by atoms with van der Waals surface area (Å²) < 4.78 is 0. The monoisotopic (exact) mass is 216 g/mol. The fourth-order valence-electron chi connectivity index (χ4n) is 2.05. The quantitative estimate of drug-likeness (QED) is 0.611. The second-order valence-corrected chi connectivity index (χ2v) is 4.96. The molecule has 0 heterocycles. The van der Waals surface area contributed by atoms with Gasteiger partial charge in [-0.2, -0.15) is 0 Å². The maximum atomic E-state index is 2.38. The van der Waals surface area contributed by atoms with E-state index in [-0.39, 0.29) is 0 Å². The molecule has 0 aliphatic carbocycles. The van der Waals surface area contributed by atoms with Gasteiger partial charge in [-0.3, -0.25) is 0 Å². The molecule has 0 radical (unpaired) electrons. The predicted octanol–water partition coefficient (Wildman–Crippen LogP) is 3.56. The minimum Gasteiger partial charge on any atom is -0.0849 e. The van der Waals surface area contributed by atoms with Crippen molar-refractivity contribution in [2.24, 2.45) is 5.92 Å². The van der Waals surface area contributed by atoms with Gasteiger partial charge in [0.2, 0.25) is 0 Å². The standard InChI is InChI=1S/C15H25B/c1-4-5-6-13(2)7-8-14-9-11-15(16-3)12-10-14/h9-13,16H,4-8H2,1-3H3. The molecule has 0 spiro atoms. The lowest BCUT2D eigenvalue weighted by Crippen LogP contribution is -2.09. The number of rotatable bonds is 7. The Morgan fingerprint density at radius 2 is 1.81 bits per heavy atom. The second kappa shape index (κ2) is 7.54. The molecule has 1 rings (SSSR count). The van der Waals surface area contributed by atoms with Crippen LogP contribution >= 0.6 is 0 Å². The lowest BCUT2D eigenvalue weighted by atomic mass is 9.73. The van der Waals surface area contributed by atoms with E-state index < -0.39 is 0 Å². The van der Waals surface area contributed by atoms with Crippen molar-refractivity contribution in [1.82, 2.24) is 0 Å². The van der Waals surface area contributed by atoms with Crippen molar-refractivity contribution >= 4 is 12.7 Å². The third kappa shape index (κ3) is 4.87. The first-order valence-electron chi connectivity index (χ1n) is 6.84. The van der Waals surface area contributed by atoms with Crippen LogP contribution in [0.5, 0.6) is 0 Å². The molecule has 1 unspecified atom stereocenters. The van der Waals surface area contributed by atoms with Crippen LogP contribution in [0.25, 0.3) is 0 Å². The molecule has 1 heteroatoms. The Bertz CT molecular complexity index is 276. The lowest BCUT2D eigenvalue weighted by molar-refractivity contribution is 0.472. The minimum absolute atomic E-state index is 0.880. The van der Waals surface area contributed by atoms with Crippen LogP contribution < -0.4 is 5.46 Å². The van der Waals surface area contributed by atoms with Crippen molar-refractivity contribution in [1.29, 1.82) is 0 Å². The van der Waals surface area contributed by atoms with Gasteiger partial charge in [-0.15, -0.1) is 0 Å². The molecule has 0 N–H and O–H groups in total. The smallest absolute Gasteiger partial charge is 0.0849 e. The molecular formula is C15H25B. The molecule has 1 aromatic rings. The molecule has 1 aromatic carbocycles. The van der Waals surface area contributed by atoms with Gasteiger partial charge in [0.25, 0.3) is 0 Å². The summed E-state index contributed by atoms with van der Waals surface area (Å²) in [6.45, 7) is 6.87. The summed E-state index contributed by atoms with van der Waals surface area (Å²) in [6.07, 6.45) is 6.69. The summed E-state index contributed by atoms with van der Waals surface area (Å²) in [7, 11) is 1.15. The van der Waals surface area contributed by atoms with E-state index in [1.807, 2.05) is 0 Å². The van der Waals surface area contributed by atoms with Gasteiger partial charge in [0.1, 0.15) is 0 Å². The van der Waals surface area contributed by atoms with E-state index in [2.05, 4.69) is 44.9 Å². The third-order valence-electron chi connectivity index (χ3n) is 3.41. The zero-order valence-electron chi connectivity index (χ0n) is 11.1. The van der Waals surface area contributed by atoms with Crippen LogP contribution in [0.15, 0.2) is 24.3 Å². The van der Waals surface area contributed by atoms with Gasteiger partial charge in [-0.25, -0.2) is 0 Å². The summed E-state index contributed by atoms with van der Waals surface area (Å²) in [6, 6.07) is 9.13. The fraction of sp³-hybridized carbons (Fsp3) is 0.600. The van der Waals surface area contributed by atoms with E-state index in [0.717, 1.165) is 13.2 Å². The predicted molar refractivity (Wildman–Crippen MR) is 76.1 cm³/mol. The van der Waals surface area contributed by atoms with Crippen LogP contribution in [0, 0.1) is 5.92 Å². The first kappa shape index (κ1) is 13.4. The van der Waals surface area contributed by atoms with Crippen molar-refractivity contribution in [3.05, 3.63) is 29.8 Å². The van der Waals surface area contributed by atoms with Gasteiger partial charge >= 0.3 is 0 Å². The molecule has 1 atom stereocenters. The highest BCUT2D eigenvalue weighted by atomic mass is 14.1. The van der Waals surface area contributed by atoms with Gasteiger partial charge in [-0.1, -0.05) is 69.7 Å². The minimum atomic E-state index is 0.880. The Kier molecular flexibility index (Phi) is 6.29. The maximum absolute atomic E-state index is 2.38. The number of hydrogen-bond donors (Lipinski definition) is 0. The van der Waals surface area contributed by atoms with Gasteiger partial charge < -0.3 is 0 Å². The first-order valence-corrected chi connectivity index (χ1v) is 6.84. The molecular weight excluding hydrogens is 191 g/mol. The SMILES string of the molecule is CBc1ccc(CCC(C)CCCC)cc1. The van der Waals surface area contributed by atoms with Crippen LogP contribution in [-0.2, 0) is 6.42 Å². The number of unbranched alkanes of at least 4 members (excludes halogenated alkanes) is 1. The molecule has 0 aliphatic heterocycles. The molecule has 0 saturated carbocycles. The van der Waals surface area contributed by atoms with Crippen LogP contribution in [0.3, 0.4) is 0 Å². The molecule has 0 aromatic heterocycles. The second-order valence-electron chi connectivity index (χ2n) is 4.96. The van der Waals surface area contributed by atoms with Gasteiger partial charge in [0, 0.05) is 0 Å². The fourth-order valence-corrected chi connectivity index (χ4v) is 2.05. The molecule has 88 valence electrons. The third-order valence-corrected chi connectivity index (χ3v) is 3.41. The van der Waals surface area contributed by atoms with E-state index in [1.54, 1.807) is 0 Å². The lowest BCUT2D eigenvalue weighted by Gasteiger charge is -2.10. The molecule has 0 fully saturated rings. The Balaban J connectivity index is 2.30. The van der Waals surface area contributed by atoms with E-state index >= 15 is 0 Å². The van der Waals surface area contributed by atoms with Crippen molar-refractivity contribution in [2.45, 2.75) is 52.8 Å². The van der Waals surface area contributed by atoms with Crippen LogP contribution in [0.2, 0.25) is 6.82 Å². The van der Waals surface area contributed by atoms with E-state index in [0.29, 0.717) is 0 Å². The molecule has 0 bridgehead atoms. The number of hydrogen-bond acceptors (Lipinski definition) is 0. The summed E-state index contributed by atoms with van der Waals surface area (Å²) in [5, 5.41) is 0. The largest absolute Gasteiger partial charge is 0.154 e. The van der Waals surface area contributed by atoms with Crippen LogP contribution in [-0.4, -0.2) is 7.28 Å². The highest BCUT2D eigenvalue weighted by Gasteiger charge is 2.02. The summed E-state index contributed by atoms with van der Waals surface area (Å²) in [5.41, 5.74) is 2.95. The van der Waals surface area contributed by atoms with Crippen molar-refractivity contribution < 1.29 is 0 Å². The molecule has 16 heavy (non-hydrogen) atoms. The maximum Gasteiger partial charge on any atom is 0.154 e. The van der Waals surface area contributed by atoms with Gasteiger partial charge in [0.05, 0.1) is 0 Å². The van der Waals surface area contributed by atoms with Crippen LogP contribution in [0.1, 0.15) is 45.1 Å². The highest BCUT2D eigenvalue weighted by molar-refractivity contribution is 6.51. The zero-order valence-corrected chi connectivity index (χ0v) is 11.1. The van der Waals surface area contributed by atoms with E-state index in [9.17, 15) is 0 Å². The van der Waals surface area contributed by atoms with E-state index in [4.69, 9.17) is 0 Å². The summed E-state index contributed by atoms with van der Waals surface area (Å²) >= 11 is 0. The zero-order chi connectivity index (χ0) is 11.8. The van der Waals surface area contributed by atoms with Crippen molar-refractivity contribution in [3.63, 3.8) is 0 Å². The average molecular weight is 216 g/mol. The number of benzene rings is 1. The van der Waals surface area contributed by atoms with E-state index in [1.165, 1.54) is 43.1 Å². The van der Waals surface area contributed by atoms with Crippen molar-refractivity contribution in [3.8, 4) is 0 Å². The number of aryl methyl sites for hydroxylation is 1. The van der Waals surface area contributed by atoms with Crippen LogP contribution in [0.4, 0.5) is 0 Å². The Labute approximate surface area is 102 Å². The Morgan fingerprint density at radius 1 is 1.12 bits per heavy atom. The molecule has 0 saturated heterocycles. The summed E-state index contributed by atoms with van der Waals surface area (Å²) in [5.74, 6) is 0.880. The Hall–Kier alpha value is -0.715. The normalized spacial score (nSPS) is 12.4. The first-order chi connectivity index (χ1) is 7.76. The van der Waals surface area contributed by atoms with Crippen molar-refractivity contribution in [2.75, 3.05) is 0 Å². The van der Waals surface area contributed by atoms with Gasteiger partial charge in [0.15, 0.2) is 7.28 Å². The topological polar surface area (TPSA) is 0 Å². The average Bonchev–Trinajstić information content (AvgIpc) is 2.34. The van der Waals surface area contributed by atoms with Gasteiger partial charge in [-0.05, 0) is 24.3 Å². The highest BCUT2D eigenvalue weighted by Crippen LogP contribution is 2.14. The molecule has 0 aliphatic rings. The summed E-state index contributed by atoms with van der Waals surface area (Å²) in [4.78, 5) is 0. The molecule has 0 amide bonds. The molecule has 0 nitrogen and oxygen atoms in total. The Morgan fingerprint density at radius 3 is 2.38 bits per heavy atom.